The highest BCUT2D eigenvalue weighted by atomic mass is 16.6. The van der Waals surface area contributed by atoms with E-state index in [0.29, 0.717) is 26.1 Å². The molecule has 4 heteroatoms. The van der Waals surface area contributed by atoms with Crippen molar-refractivity contribution >= 4 is 11.9 Å². The molecule has 0 spiro atoms. The van der Waals surface area contributed by atoms with Crippen LogP contribution in [0.3, 0.4) is 0 Å². The maximum Gasteiger partial charge on any atom is 0.410 e. The maximum absolute atomic E-state index is 12.3. The van der Waals surface area contributed by atoms with Gasteiger partial charge < -0.3 is 9.64 Å². The molecular weight excluding hydrogens is 278 g/mol. The van der Waals surface area contributed by atoms with Crippen molar-refractivity contribution in [1.82, 2.24) is 4.90 Å². The molecule has 1 heterocycles. The lowest BCUT2D eigenvalue weighted by atomic mass is 9.70. The minimum atomic E-state index is -0.263. The minimum absolute atomic E-state index is 0.0715. The van der Waals surface area contributed by atoms with Crippen LogP contribution in [0, 0.1) is 5.41 Å². The van der Waals surface area contributed by atoms with Gasteiger partial charge in [0.05, 0.1) is 0 Å². The molecule has 3 rings (SSSR count). The van der Waals surface area contributed by atoms with E-state index >= 15 is 0 Å². The average Bonchev–Trinajstić information content (AvgIpc) is 2.53. The third-order valence-electron chi connectivity index (χ3n) is 4.69. The van der Waals surface area contributed by atoms with Crippen molar-refractivity contribution in [2.45, 2.75) is 32.8 Å². The summed E-state index contributed by atoms with van der Waals surface area (Å²) in [5, 5.41) is 0. The quantitative estimate of drug-likeness (QED) is 0.841. The molecule has 1 amide bonds. The Labute approximate surface area is 130 Å². The number of likely N-dealkylation sites (tertiary alicyclic amines) is 1. The number of amides is 1. The summed E-state index contributed by atoms with van der Waals surface area (Å²) in [5.74, 6) is 0.215. The molecule has 0 radical (unpaired) electrons. The Morgan fingerprint density at radius 3 is 2.82 bits per heavy atom. The molecule has 2 aliphatic rings. The monoisotopic (exact) mass is 299 g/mol. The van der Waals surface area contributed by atoms with Gasteiger partial charge in [-0.15, -0.1) is 0 Å². The van der Waals surface area contributed by atoms with Crippen LogP contribution in [0.5, 0.6) is 0 Å². The zero-order valence-corrected chi connectivity index (χ0v) is 12.9. The van der Waals surface area contributed by atoms with E-state index in [0.717, 1.165) is 18.4 Å². The molecule has 0 bridgehead atoms. The van der Waals surface area contributed by atoms with Crippen LogP contribution in [-0.4, -0.2) is 29.9 Å². The van der Waals surface area contributed by atoms with Gasteiger partial charge in [0.15, 0.2) is 5.78 Å². The normalized spacial score (nSPS) is 24.5. The molecule has 1 aliphatic carbocycles. The van der Waals surface area contributed by atoms with Crippen LogP contribution in [0.2, 0.25) is 0 Å². The molecule has 1 unspecified atom stereocenters. The zero-order chi connectivity index (χ0) is 15.6. The summed E-state index contributed by atoms with van der Waals surface area (Å²) in [6.07, 6.45) is 3.69. The smallest absolute Gasteiger partial charge is 0.410 e. The fourth-order valence-electron chi connectivity index (χ4n) is 3.28. The van der Waals surface area contributed by atoms with Crippen LogP contribution < -0.4 is 0 Å². The van der Waals surface area contributed by atoms with E-state index in [4.69, 9.17) is 4.74 Å². The van der Waals surface area contributed by atoms with Crippen molar-refractivity contribution in [3.63, 3.8) is 0 Å². The predicted octanol–water partition coefficient (Wildman–Crippen LogP) is 3.32. The minimum Gasteiger partial charge on any atom is -0.445 e. The first-order valence-corrected chi connectivity index (χ1v) is 7.76. The number of rotatable bonds is 2. The molecule has 1 aromatic carbocycles. The molecule has 22 heavy (non-hydrogen) atoms. The standard InChI is InChI=1S/C18H21NO3/c1-18-9-7-16(20)11-15(18)8-10-19(13-18)17(21)22-12-14-5-3-2-4-6-14/h2-6,11H,7-10,12-13H2,1H3. The molecule has 1 saturated heterocycles. The van der Waals surface area contributed by atoms with Crippen molar-refractivity contribution in [3.8, 4) is 0 Å². The Kier molecular flexibility index (Phi) is 4.01. The van der Waals surface area contributed by atoms with Crippen molar-refractivity contribution in [2.75, 3.05) is 13.1 Å². The van der Waals surface area contributed by atoms with Crippen LogP contribution in [0.25, 0.3) is 0 Å². The summed E-state index contributed by atoms with van der Waals surface area (Å²) >= 11 is 0. The van der Waals surface area contributed by atoms with Gasteiger partial charge in [-0.25, -0.2) is 4.79 Å². The lowest BCUT2D eigenvalue weighted by molar-refractivity contribution is -0.116. The first kappa shape index (κ1) is 14.8. The van der Waals surface area contributed by atoms with E-state index in [-0.39, 0.29) is 17.3 Å². The summed E-state index contributed by atoms with van der Waals surface area (Å²) < 4.78 is 5.41. The molecule has 0 N–H and O–H groups in total. The molecule has 0 saturated carbocycles. The molecule has 4 nitrogen and oxygen atoms in total. The van der Waals surface area contributed by atoms with Crippen LogP contribution in [0.1, 0.15) is 31.7 Å². The van der Waals surface area contributed by atoms with Gasteiger partial charge in [0.1, 0.15) is 6.61 Å². The highest BCUT2D eigenvalue weighted by Gasteiger charge is 2.39. The zero-order valence-electron chi connectivity index (χ0n) is 12.9. The van der Waals surface area contributed by atoms with Crippen LogP contribution in [0.4, 0.5) is 4.79 Å². The van der Waals surface area contributed by atoms with Gasteiger partial charge in [-0.05, 0) is 24.5 Å². The fourth-order valence-corrected chi connectivity index (χ4v) is 3.28. The van der Waals surface area contributed by atoms with E-state index in [2.05, 4.69) is 6.92 Å². The van der Waals surface area contributed by atoms with Gasteiger partial charge in [0.25, 0.3) is 0 Å². The average molecular weight is 299 g/mol. The lowest BCUT2D eigenvalue weighted by Gasteiger charge is -2.43. The number of piperidine rings is 1. The van der Waals surface area contributed by atoms with Crippen molar-refractivity contribution in [2.24, 2.45) is 5.41 Å². The van der Waals surface area contributed by atoms with Gasteiger partial charge in [0, 0.05) is 24.9 Å². The lowest BCUT2D eigenvalue weighted by Crippen LogP contribution is -2.47. The predicted molar refractivity (Wildman–Crippen MR) is 83.2 cm³/mol. The molecule has 0 aromatic heterocycles. The van der Waals surface area contributed by atoms with Crippen LogP contribution in [-0.2, 0) is 16.1 Å². The van der Waals surface area contributed by atoms with Gasteiger partial charge in [-0.1, -0.05) is 42.8 Å². The second-order valence-electron chi connectivity index (χ2n) is 6.41. The SMILES string of the molecule is CC12CCC(=O)C=C1CCN(C(=O)OCc1ccccc1)C2. The number of benzene rings is 1. The maximum atomic E-state index is 12.3. The third-order valence-corrected chi connectivity index (χ3v) is 4.69. The molecule has 1 aliphatic heterocycles. The van der Waals surface area contributed by atoms with Gasteiger partial charge >= 0.3 is 6.09 Å². The molecule has 1 fully saturated rings. The van der Waals surface area contributed by atoms with Crippen molar-refractivity contribution < 1.29 is 14.3 Å². The number of ether oxygens (including phenoxy) is 1. The van der Waals surface area contributed by atoms with Crippen LogP contribution in [0.15, 0.2) is 42.0 Å². The second kappa shape index (κ2) is 5.95. The summed E-state index contributed by atoms with van der Waals surface area (Å²) in [6, 6.07) is 9.69. The van der Waals surface area contributed by atoms with Gasteiger partial charge in [-0.3, -0.25) is 4.79 Å². The number of hydrogen-bond donors (Lipinski definition) is 0. The topological polar surface area (TPSA) is 46.6 Å². The molecule has 1 atom stereocenters. The summed E-state index contributed by atoms with van der Waals surface area (Å²) in [6.45, 7) is 3.71. The number of allylic oxidation sites excluding steroid dienone is 1. The summed E-state index contributed by atoms with van der Waals surface area (Å²) in [5.41, 5.74) is 2.11. The number of nitrogens with zero attached hydrogens (tertiary/aromatic N) is 1. The molecular formula is C18H21NO3. The highest BCUT2D eigenvalue weighted by molar-refractivity contribution is 5.91. The van der Waals surface area contributed by atoms with E-state index < -0.39 is 0 Å². The van der Waals surface area contributed by atoms with Crippen molar-refractivity contribution in [3.05, 3.63) is 47.5 Å². The van der Waals surface area contributed by atoms with E-state index in [9.17, 15) is 9.59 Å². The Bertz CT molecular complexity index is 608. The Hall–Kier alpha value is -2.10. The second-order valence-corrected chi connectivity index (χ2v) is 6.41. The third kappa shape index (κ3) is 3.06. The Morgan fingerprint density at radius 2 is 2.05 bits per heavy atom. The summed E-state index contributed by atoms with van der Waals surface area (Å²) in [7, 11) is 0. The number of fused-ring (bicyclic) bond motifs is 1. The largest absolute Gasteiger partial charge is 0.445 e. The molecule has 116 valence electrons. The van der Waals surface area contributed by atoms with E-state index in [1.54, 1.807) is 11.0 Å². The van der Waals surface area contributed by atoms with E-state index in [1.165, 1.54) is 5.57 Å². The number of carbonyl (C=O) groups is 2. The summed E-state index contributed by atoms with van der Waals surface area (Å²) in [4.78, 5) is 25.6. The van der Waals surface area contributed by atoms with Crippen LogP contribution >= 0.6 is 0 Å². The Balaban J connectivity index is 1.61. The molecule has 1 aromatic rings. The number of carbonyl (C=O) groups excluding carboxylic acids is 2. The first-order valence-electron chi connectivity index (χ1n) is 7.76. The number of ketones is 1. The van der Waals surface area contributed by atoms with E-state index in [1.807, 2.05) is 30.3 Å². The Morgan fingerprint density at radius 1 is 1.27 bits per heavy atom. The van der Waals surface area contributed by atoms with Crippen molar-refractivity contribution in [1.29, 1.82) is 0 Å². The fraction of sp³-hybridized carbons (Fsp3) is 0.444. The van der Waals surface area contributed by atoms with Gasteiger partial charge in [0.2, 0.25) is 0 Å². The van der Waals surface area contributed by atoms with Gasteiger partial charge in [-0.2, -0.15) is 0 Å². The highest BCUT2D eigenvalue weighted by Crippen LogP contribution is 2.41. The first-order chi connectivity index (χ1) is 10.6. The number of hydrogen-bond acceptors (Lipinski definition) is 3.